The Morgan fingerprint density at radius 2 is 1.97 bits per heavy atom. The number of carbonyl (C=O) groups excluding carboxylic acids is 3. The van der Waals surface area contributed by atoms with E-state index in [0.717, 1.165) is 11.0 Å². The van der Waals surface area contributed by atoms with Gasteiger partial charge in [0.1, 0.15) is 11.8 Å². The van der Waals surface area contributed by atoms with Crippen molar-refractivity contribution in [3.05, 3.63) is 42.2 Å². The molecular weight excluding hydrogens is 527 g/mol. The number of ether oxygens (including phenoxy) is 1. The summed E-state index contributed by atoms with van der Waals surface area (Å²) in [6, 6.07) is 1.76. The first kappa shape index (κ1) is 26.6. The van der Waals surface area contributed by atoms with E-state index in [2.05, 4.69) is 32.3 Å². The molecule has 5 rings (SSSR count). The van der Waals surface area contributed by atoms with Crippen LogP contribution in [0.15, 0.2) is 41.7 Å². The molecule has 16 heteroatoms. The van der Waals surface area contributed by atoms with Crippen molar-refractivity contribution < 1.29 is 42.5 Å². The lowest BCUT2D eigenvalue weighted by molar-refractivity contribution is -0.231. The topological polar surface area (TPSA) is 182 Å². The van der Waals surface area contributed by atoms with E-state index in [-0.39, 0.29) is 60.8 Å². The maximum atomic E-state index is 13.0. The highest BCUT2D eigenvalue weighted by molar-refractivity contribution is 6.02. The van der Waals surface area contributed by atoms with Gasteiger partial charge in [-0.05, 0) is 18.2 Å². The minimum absolute atomic E-state index is 0.0611. The number of nitrogens with zero attached hydrogens (tertiary/aromatic N) is 3. The average molecular weight is 553 g/mol. The van der Waals surface area contributed by atoms with Crippen molar-refractivity contribution in [3.63, 3.8) is 0 Å². The number of carbonyl (C=O) groups is 3. The molecule has 210 valence electrons. The highest BCUT2D eigenvalue weighted by Crippen LogP contribution is 2.44. The zero-order chi connectivity index (χ0) is 28.3. The quantitative estimate of drug-likeness (QED) is 0.175. The largest absolute Gasteiger partial charge is 0.484 e. The molecule has 1 aromatic rings. The third kappa shape index (κ3) is 4.38. The molecule has 4 heterocycles. The highest BCUT2D eigenvalue weighted by Gasteiger charge is 2.73. The summed E-state index contributed by atoms with van der Waals surface area (Å²) in [6.07, 6.45) is -4.45. The lowest BCUT2D eigenvalue weighted by Gasteiger charge is -2.49. The van der Waals surface area contributed by atoms with E-state index in [1.807, 2.05) is 0 Å². The van der Waals surface area contributed by atoms with Crippen molar-refractivity contribution in [1.29, 1.82) is 0 Å². The molecule has 0 aliphatic carbocycles. The fourth-order valence-corrected chi connectivity index (χ4v) is 5.51. The number of alkyl halides is 3. The van der Waals surface area contributed by atoms with Crippen LogP contribution in [0.3, 0.4) is 0 Å². The summed E-state index contributed by atoms with van der Waals surface area (Å²) in [6.45, 7) is 1.86. The Kier molecular flexibility index (Phi) is 6.14. The van der Waals surface area contributed by atoms with Gasteiger partial charge in [-0.3, -0.25) is 19.3 Å². The van der Waals surface area contributed by atoms with Crippen LogP contribution in [0.4, 0.5) is 13.2 Å². The number of aliphatic imine (C=N–C) groups is 1. The lowest BCUT2D eigenvalue weighted by atomic mass is 9.85. The number of likely N-dealkylation sites (tertiary alicyclic amines) is 1. The van der Waals surface area contributed by atoms with E-state index in [1.54, 1.807) is 0 Å². The summed E-state index contributed by atoms with van der Waals surface area (Å²) in [5.41, 5.74) is 4.32. The maximum Gasteiger partial charge on any atom is 0.422 e. The first-order chi connectivity index (χ1) is 18.2. The van der Waals surface area contributed by atoms with E-state index >= 15 is 0 Å². The maximum absolute atomic E-state index is 13.0. The predicted octanol–water partition coefficient (Wildman–Crippen LogP) is -1.70. The van der Waals surface area contributed by atoms with E-state index in [0.29, 0.717) is 0 Å². The van der Waals surface area contributed by atoms with Crippen molar-refractivity contribution in [2.45, 2.75) is 48.6 Å². The number of hydrogen-bond donors (Lipinski definition) is 6. The number of nitrogens with two attached hydrogens (primary N) is 1. The summed E-state index contributed by atoms with van der Waals surface area (Å²) in [5.74, 6) is -4.45. The molecule has 0 saturated carbocycles. The molecule has 3 saturated heterocycles. The number of nitrogens with one attached hydrogen (secondary N) is 3. The molecule has 3 amide bonds. The van der Waals surface area contributed by atoms with Gasteiger partial charge in [0, 0.05) is 24.9 Å². The second kappa shape index (κ2) is 9.01. The van der Waals surface area contributed by atoms with E-state index < -0.39 is 48.3 Å². The van der Waals surface area contributed by atoms with Crippen molar-refractivity contribution >= 4 is 23.7 Å². The first-order valence-electron chi connectivity index (χ1n) is 12.0. The lowest BCUT2D eigenvalue weighted by Crippen LogP contribution is -2.78. The number of aliphatic hydroxyl groups is 2. The summed E-state index contributed by atoms with van der Waals surface area (Å²) in [4.78, 5) is 44.3. The molecular formula is C23H26F3N7O6. The van der Waals surface area contributed by atoms with Crippen LogP contribution in [-0.4, -0.2) is 99.1 Å². The van der Waals surface area contributed by atoms with Gasteiger partial charge in [0.2, 0.25) is 17.6 Å². The van der Waals surface area contributed by atoms with Crippen molar-refractivity contribution in [2.24, 2.45) is 10.7 Å². The van der Waals surface area contributed by atoms with Gasteiger partial charge in [-0.1, -0.05) is 12.6 Å². The summed E-state index contributed by atoms with van der Waals surface area (Å²) in [7, 11) is 0. The summed E-state index contributed by atoms with van der Waals surface area (Å²) in [5, 5.41) is 31.4. The Labute approximate surface area is 219 Å². The smallest absolute Gasteiger partial charge is 0.422 e. The van der Waals surface area contributed by atoms with Gasteiger partial charge in [-0.25, -0.2) is 4.99 Å². The molecule has 0 unspecified atom stereocenters. The molecule has 4 aliphatic rings. The fourth-order valence-electron chi connectivity index (χ4n) is 5.51. The number of imide groups is 1. The Morgan fingerprint density at radius 1 is 1.28 bits per heavy atom. The van der Waals surface area contributed by atoms with E-state index in [4.69, 9.17) is 5.73 Å². The van der Waals surface area contributed by atoms with Crippen LogP contribution in [0, 0.1) is 0 Å². The Morgan fingerprint density at radius 3 is 2.64 bits per heavy atom. The molecule has 7 N–H and O–H groups in total. The number of rotatable bonds is 6. The zero-order valence-corrected chi connectivity index (χ0v) is 20.4. The van der Waals surface area contributed by atoms with Gasteiger partial charge in [0.15, 0.2) is 18.2 Å². The van der Waals surface area contributed by atoms with Crippen LogP contribution < -0.4 is 26.4 Å². The summed E-state index contributed by atoms with van der Waals surface area (Å²) < 4.78 is 42.2. The second-order valence-corrected chi connectivity index (χ2v) is 9.74. The van der Waals surface area contributed by atoms with Gasteiger partial charge >= 0.3 is 6.18 Å². The first-order valence-corrected chi connectivity index (χ1v) is 12.0. The van der Waals surface area contributed by atoms with Gasteiger partial charge in [0.05, 0.1) is 24.4 Å². The van der Waals surface area contributed by atoms with Crippen LogP contribution in [-0.2, 0) is 9.59 Å². The molecule has 1 spiro atoms. The van der Waals surface area contributed by atoms with Crippen LogP contribution in [0.25, 0.3) is 0 Å². The molecule has 0 radical (unpaired) electrons. The third-order valence-corrected chi connectivity index (χ3v) is 7.25. The van der Waals surface area contributed by atoms with Gasteiger partial charge < -0.3 is 41.5 Å². The Hall–Kier alpha value is -4.05. The van der Waals surface area contributed by atoms with Crippen LogP contribution in [0.2, 0.25) is 0 Å². The zero-order valence-electron chi connectivity index (χ0n) is 20.4. The number of hydrogen-bond acceptors (Lipinski definition) is 11. The van der Waals surface area contributed by atoms with E-state index in [1.165, 1.54) is 23.1 Å². The van der Waals surface area contributed by atoms with Gasteiger partial charge in [0.25, 0.3) is 5.91 Å². The number of amides is 3. The number of halogens is 3. The second-order valence-electron chi connectivity index (χ2n) is 9.74. The van der Waals surface area contributed by atoms with Gasteiger partial charge in [-0.2, -0.15) is 13.2 Å². The van der Waals surface area contributed by atoms with E-state index in [9.17, 15) is 37.8 Å². The fraction of sp³-hybridized carbons (Fsp3) is 0.478. The van der Waals surface area contributed by atoms with Crippen LogP contribution >= 0.6 is 0 Å². The van der Waals surface area contributed by atoms with Gasteiger partial charge in [-0.15, -0.1) is 0 Å². The molecule has 39 heavy (non-hydrogen) atoms. The predicted molar refractivity (Wildman–Crippen MR) is 126 cm³/mol. The SMILES string of the molecule is C=C1N[C@H]2[C@H](CN3C(=O)CCC3=O)N=C(N)N3C[C@H](NC(=O)c4cccc(OCC(F)(F)F)c4)C(O)(O)[C@]23N1. The molecule has 0 bridgehead atoms. The van der Waals surface area contributed by atoms with Crippen LogP contribution in [0.1, 0.15) is 23.2 Å². The van der Waals surface area contributed by atoms with Crippen molar-refractivity contribution in [1.82, 2.24) is 25.8 Å². The Balaban J connectivity index is 1.39. The average Bonchev–Trinajstić information content (AvgIpc) is 3.45. The number of guanidine groups is 1. The molecule has 0 aromatic heterocycles. The van der Waals surface area contributed by atoms with Crippen molar-refractivity contribution in [3.8, 4) is 5.75 Å². The normalized spacial score (nSPS) is 29.4. The summed E-state index contributed by atoms with van der Waals surface area (Å²) >= 11 is 0. The standard InChI is InChI=1S/C23H26F3N7O6/c1-11-28-18-14(8-32-16(34)5-6-17(32)35)29-20(27)33-9-15(23(37,38)22(18,33)31-11)30-19(36)12-3-2-4-13(7-12)39-10-21(24,25)26/h2-4,7,14-15,18,28,31,37-38H,1,5-6,8-10H2,(H2,27,29)(H,30,36)/t14-,15-,18-,22-/m0/s1. The minimum Gasteiger partial charge on any atom is -0.484 e. The molecule has 13 nitrogen and oxygen atoms in total. The van der Waals surface area contributed by atoms with Crippen LogP contribution in [0.5, 0.6) is 5.75 Å². The van der Waals surface area contributed by atoms with Crippen molar-refractivity contribution in [2.75, 3.05) is 19.7 Å². The monoisotopic (exact) mass is 553 g/mol. The highest BCUT2D eigenvalue weighted by atomic mass is 19.4. The molecule has 1 aromatic carbocycles. The number of benzene rings is 1. The third-order valence-electron chi connectivity index (χ3n) is 7.25. The molecule has 3 fully saturated rings. The Bertz CT molecular complexity index is 1250. The molecule has 4 atom stereocenters. The minimum atomic E-state index is -4.57. The molecule has 4 aliphatic heterocycles.